The predicted molar refractivity (Wildman–Crippen MR) is 86.4 cm³/mol. The van der Waals surface area contributed by atoms with Crippen molar-refractivity contribution in [2.24, 2.45) is 0 Å². The maximum absolute atomic E-state index is 11.9. The van der Waals surface area contributed by atoms with Gasteiger partial charge in [-0.2, -0.15) is 0 Å². The number of carbonyl (C=O) groups is 1. The zero-order valence-electron chi connectivity index (χ0n) is 11.9. The summed E-state index contributed by atoms with van der Waals surface area (Å²) in [6.07, 6.45) is 3.80. The maximum Gasteiger partial charge on any atom is 0.253 e. The van der Waals surface area contributed by atoms with E-state index in [0.717, 1.165) is 22.7 Å². The van der Waals surface area contributed by atoms with Gasteiger partial charge in [0, 0.05) is 22.8 Å². The van der Waals surface area contributed by atoms with E-state index in [0.29, 0.717) is 6.61 Å². The Balaban J connectivity index is 1.90. The minimum atomic E-state index is -0.483. The minimum absolute atomic E-state index is 0.152. The monoisotopic (exact) mass is 302 g/mol. The lowest BCUT2D eigenvalue weighted by molar-refractivity contribution is -0.126. The van der Waals surface area contributed by atoms with Gasteiger partial charge in [-0.05, 0) is 37.6 Å². The van der Waals surface area contributed by atoms with E-state index in [9.17, 15) is 4.79 Å². The molecule has 0 aliphatic rings. The molecule has 2 rings (SSSR count). The molecule has 1 aromatic carbocycles. The maximum atomic E-state index is 11.9. The second-order valence-corrected chi connectivity index (χ2v) is 5.39. The topological polar surface area (TPSA) is 51.2 Å². The molecule has 21 heavy (non-hydrogen) atoms. The molecular weight excluding hydrogens is 284 g/mol. The summed E-state index contributed by atoms with van der Waals surface area (Å²) >= 11 is 1.59. The molecule has 0 saturated carbocycles. The third kappa shape index (κ3) is 4.51. The summed E-state index contributed by atoms with van der Waals surface area (Å²) in [7, 11) is 0. The second-order valence-electron chi connectivity index (χ2n) is 4.49. The van der Waals surface area contributed by atoms with Gasteiger partial charge in [0.05, 0.1) is 6.61 Å². The van der Waals surface area contributed by atoms with Crippen LogP contribution < -0.4 is 5.32 Å². The lowest BCUT2D eigenvalue weighted by atomic mass is 10.2. The number of aromatic nitrogens is 1. The molecule has 0 saturated heterocycles. The number of thiazole rings is 1. The molecule has 1 amide bonds. The molecule has 1 atom stereocenters. The number of hydrogen-bond acceptors (Lipinski definition) is 4. The molecule has 5 heteroatoms. The van der Waals surface area contributed by atoms with Crippen LogP contribution in [0.5, 0.6) is 0 Å². The summed E-state index contributed by atoms with van der Waals surface area (Å²) in [5, 5.41) is 5.74. The van der Waals surface area contributed by atoms with Crippen LogP contribution in [0.4, 0.5) is 5.69 Å². The fourth-order valence-electron chi connectivity index (χ4n) is 1.71. The van der Waals surface area contributed by atoms with Crippen molar-refractivity contribution in [3.63, 3.8) is 0 Å². The standard InChI is InChI=1S/C16H18N2O2S/c1-3-4-10-20-12(2)15(19)18-14-7-5-13(6-8-14)16-17-9-11-21-16/h3,5-9,11-12H,1,4,10H2,2H3,(H,18,19). The molecule has 1 heterocycles. The van der Waals surface area contributed by atoms with Crippen molar-refractivity contribution in [2.45, 2.75) is 19.4 Å². The molecule has 1 aromatic heterocycles. The number of nitrogens with one attached hydrogen (secondary N) is 1. The fourth-order valence-corrected chi connectivity index (χ4v) is 2.35. The third-order valence-corrected chi connectivity index (χ3v) is 3.71. The van der Waals surface area contributed by atoms with Gasteiger partial charge in [-0.1, -0.05) is 6.08 Å². The highest BCUT2D eigenvalue weighted by atomic mass is 32.1. The zero-order chi connectivity index (χ0) is 15.1. The Morgan fingerprint density at radius 2 is 2.24 bits per heavy atom. The lowest BCUT2D eigenvalue weighted by Gasteiger charge is -2.13. The summed E-state index contributed by atoms with van der Waals surface area (Å²) in [6.45, 7) is 5.85. The molecule has 110 valence electrons. The van der Waals surface area contributed by atoms with Gasteiger partial charge in [0.25, 0.3) is 5.91 Å². The molecule has 0 spiro atoms. The number of carbonyl (C=O) groups excluding carboxylic acids is 1. The van der Waals surface area contributed by atoms with Gasteiger partial charge in [0.2, 0.25) is 0 Å². The third-order valence-electron chi connectivity index (χ3n) is 2.89. The van der Waals surface area contributed by atoms with Crippen molar-refractivity contribution in [2.75, 3.05) is 11.9 Å². The average molecular weight is 302 g/mol. The van der Waals surface area contributed by atoms with Crippen LogP contribution in [0.3, 0.4) is 0 Å². The van der Waals surface area contributed by atoms with Gasteiger partial charge in [-0.25, -0.2) is 4.98 Å². The van der Waals surface area contributed by atoms with Gasteiger partial charge in [-0.3, -0.25) is 4.79 Å². The Hall–Kier alpha value is -1.98. The molecule has 0 fully saturated rings. The van der Waals surface area contributed by atoms with Crippen LogP contribution in [-0.4, -0.2) is 23.6 Å². The first-order valence-corrected chi connectivity index (χ1v) is 7.62. The highest BCUT2D eigenvalue weighted by molar-refractivity contribution is 7.13. The van der Waals surface area contributed by atoms with Crippen LogP contribution in [-0.2, 0) is 9.53 Å². The van der Waals surface area contributed by atoms with Crippen LogP contribution in [0.1, 0.15) is 13.3 Å². The Morgan fingerprint density at radius 1 is 1.48 bits per heavy atom. The van der Waals surface area contributed by atoms with Crippen LogP contribution in [0.15, 0.2) is 48.5 Å². The van der Waals surface area contributed by atoms with Crippen molar-refractivity contribution < 1.29 is 9.53 Å². The number of nitrogens with zero attached hydrogens (tertiary/aromatic N) is 1. The van der Waals surface area contributed by atoms with E-state index in [4.69, 9.17) is 4.74 Å². The van der Waals surface area contributed by atoms with Crippen molar-refractivity contribution in [3.8, 4) is 10.6 Å². The number of ether oxygens (including phenoxy) is 1. The first-order chi connectivity index (χ1) is 10.2. The fraction of sp³-hybridized carbons (Fsp3) is 0.250. The molecule has 0 radical (unpaired) electrons. The van der Waals surface area contributed by atoms with E-state index in [-0.39, 0.29) is 5.91 Å². The van der Waals surface area contributed by atoms with E-state index in [1.807, 2.05) is 29.6 Å². The molecule has 2 aromatic rings. The molecule has 1 N–H and O–H groups in total. The molecule has 4 nitrogen and oxygen atoms in total. The van der Waals surface area contributed by atoms with Crippen LogP contribution in [0.2, 0.25) is 0 Å². The Bertz CT molecular complexity index is 579. The summed E-state index contributed by atoms with van der Waals surface area (Å²) in [5.41, 5.74) is 1.79. The summed E-state index contributed by atoms with van der Waals surface area (Å²) < 4.78 is 5.41. The Labute approximate surface area is 128 Å². The van der Waals surface area contributed by atoms with Gasteiger partial charge in [-0.15, -0.1) is 17.9 Å². The first-order valence-electron chi connectivity index (χ1n) is 6.74. The van der Waals surface area contributed by atoms with Gasteiger partial charge < -0.3 is 10.1 Å². The van der Waals surface area contributed by atoms with E-state index < -0.39 is 6.10 Å². The van der Waals surface area contributed by atoms with Crippen LogP contribution in [0, 0.1) is 0 Å². The lowest BCUT2D eigenvalue weighted by Crippen LogP contribution is -2.27. The Kier molecular flexibility index (Phi) is 5.66. The molecular formula is C16H18N2O2S. The largest absolute Gasteiger partial charge is 0.368 e. The van der Waals surface area contributed by atoms with Crippen molar-refractivity contribution >= 4 is 22.9 Å². The number of anilines is 1. The van der Waals surface area contributed by atoms with Crippen LogP contribution in [0.25, 0.3) is 10.6 Å². The van der Waals surface area contributed by atoms with Gasteiger partial charge in [0.1, 0.15) is 11.1 Å². The Morgan fingerprint density at radius 3 is 2.86 bits per heavy atom. The molecule has 1 unspecified atom stereocenters. The summed E-state index contributed by atoms with van der Waals surface area (Å²) in [6, 6.07) is 7.62. The average Bonchev–Trinajstić information content (AvgIpc) is 3.02. The number of benzene rings is 1. The molecule has 0 aliphatic carbocycles. The van der Waals surface area contributed by atoms with Crippen molar-refractivity contribution in [3.05, 3.63) is 48.5 Å². The number of amides is 1. The number of rotatable bonds is 7. The zero-order valence-corrected chi connectivity index (χ0v) is 12.7. The SMILES string of the molecule is C=CCCOC(C)C(=O)Nc1ccc(-c2nccs2)cc1. The predicted octanol–water partition coefficient (Wildman–Crippen LogP) is 3.73. The van der Waals surface area contributed by atoms with Crippen molar-refractivity contribution in [1.29, 1.82) is 0 Å². The van der Waals surface area contributed by atoms with E-state index in [1.165, 1.54) is 0 Å². The molecule has 0 aliphatic heterocycles. The quantitative estimate of drug-likeness (QED) is 0.626. The number of hydrogen-bond donors (Lipinski definition) is 1. The smallest absolute Gasteiger partial charge is 0.253 e. The second kappa shape index (κ2) is 7.71. The summed E-state index contributed by atoms with van der Waals surface area (Å²) in [5.74, 6) is -0.152. The van der Waals surface area contributed by atoms with E-state index in [1.54, 1.807) is 30.5 Å². The van der Waals surface area contributed by atoms with Crippen molar-refractivity contribution in [1.82, 2.24) is 4.98 Å². The minimum Gasteiger partial charge on any atom is -0.368 e. The molecule has 0 bridgehead atoms. The van der Waals surface area contributed by atoms with E-state index >= 15 is 0 Å². The normalized spacial score (nSPS) is 11.9. The highest BCUT2D eigenvalue weighted by Gasteiger charge is 2.13. The van der Waals surface area contributed by atoms with Crippen LogP contribution >= 0.6 is 11.3 Å². The van der Waals surface area contributed by atoms with Gasteiger partial charge in [0.15, 0.2) is 0 Å². The highest BCUT2D eigenvalue weighted by Crippen LogP contribution is 2.23. The summed E-state index contributed by atoms with van der Waals surface area (Å²) in [4.78, 5) is 16.2. The van der Waals surface area contributed by atoms with Gasteiger partial charge >= 0.3 is 0 Å². The van der Waals surface area contributed by atoms with E-state index in [2.05, 4.69) is 16.9 Å². The first kappa shape index (κ1) is 15.4.